The minimum atomic E-state index is -2.46. The van der Waals surface area contributed by atoms with Crippen LogP contribution in [0, 0.1) is 6.07 Å². The highest BCUT2D eigenvalue weighted by atomic mass is 19.3. The van der Waals surface area contributed by atoms with Gasteiger partial charge in [-0.25, -0.2) is 8.78 Å². The normalized spacial score (nSPS) is 10.4. The maximum atomic E-state index is 11.5. The zero-order valence-electron chi connectivity index (χ0n) is 3.90. The van der Waals surface area contributed by atoms with E-state index < -0.39 is 6.43 Å². The van der Waals surface area contributed by atoms with Gasteiger partial charge in [-0.05, 0) is 0 Å². The van der Waals surface area contributed by atoms with Crippen molar-refractivity contribution in [3.8, 4) is 0 Å². The van der Waals surface area contributed by atoms with Crippen molar-refractivity contribution in [2.75, 3.05) is 0 Å². The second-order valence-electron chi connectivity index (χ2n) is 1.27. The lowest BCUT2D eigenvalue weighted by Gasteiger charge is -1.85. The van der Waals surface area contributed by atoms with Gasteiger partial charge in [0, 0.05) is 6.07 Å². The zero-order chi connectivity index (χ0) is 5.98. The van der Waals surface area contributed by atoms with E-state index in [1.807, 2.05) is 0 Å². The lowest BCUT2D eigenvalue weighted by molar-refractivity contribution is 0.150. The van der Waals surface area contributed by atoms with Crippen LogP contribution in [0.3, 0.4) is 0 Å². The van der Waals surface area contributed by atoms with Gasteiger partial charge in [-0.2, -0.15) is 0 Å². The van der Waals surface area contributed by atoms with Gasteiger partial charge in [0.1, 0.15) is 0 Å². The van der Waals surface area contributed by atoms with Gasteiger partial charge < -0.3 is 4.42 Å². The first-order valence-electron chi connectivity index (χ1n) is 2.02. The molecule has 43 valence electrons. The molecule has 1 radical (unpaired) electrons. The predicted octanol–water partition coefficient (Wildman–Crippen LogP) is 2.02. The molecule has 8 heavy (non-hydrogen) atoms. The standard InChI is InChI=1S/C5H3F2O/c6-5(7)4-1-2-8-3-4/h2-3,5H. The number of hydrogen-bond acceptors (Lipinski definition) is 1. The number of halogens is 2. The third-order valence-electron chi connectivity index (χ3n) is 0.724. The van der Waals surface area contributed by atoms with Gasteiger partial charge in [0.05, 0.1) is 18.1 Å². The van der Waals surface area contributed by atoms with E-state index >= 15 is 0 Å². The first-order chi connectivity index (χ1) is 3.80. The van der Waals surface area contributed by atoms with E-state index in [4.69, 9.17) is 0 Å². The second kappa shape index (κ2) is 1.94. The summed E-state index contributed by atoms with van der Waals surface area (Å²) in [6.07, 6.45) is -0.389. The van der Waals surface area contributed by atoms with E-state index in [0.29, 0.717) is 0 Å². The van der Waals surface area contributed by atoms with Crippen LogP contribution in [0.25, 0.3) is 0 Å². The number of furan rings is 1. The average Bonchev–Trinajstić information content (AvgIpc) is 2.12. The molecular formula is C5H3F2O. The highest BCUT2D eigenvalue weighted by molar-refractivity contribution is 5.03. The molecule has 0 aliphatic heterocycles. The SMILES string of the molecule is FC(F)c1[c]coc1. The maximum Gasteiger partial charge on any atom is 0.267 e. The number of rotatable bonds is 1. The molecule has 0 atom stereocenters. The molecule has 1 heterocycles. The van der Waals surface area contributed by atoms with Crippen molar-refractivity contribution in [3.05, 3.63) is 24.2 Å². The Morgan fingerprint density at radius 3 is 2.62 bits per heavy atom. The second-order valence-corrected chi connectivity index (χ2v) is 1.27. The Hall–Kier alpha value is -0.860. The zero-order valence-corrected chi connectivity index (χ0v) is 3.90. The topological polar surface area (TPSA) is 13.1 Å². The molecule has 0 unspecified atom stereocenters. The highest BCUT2D eigenvalue weighted by Crippen LogP contribution is 2.16. The Balaban J connectivity index is 2.77. The molecule has 1 rings (SSSR count). The van der Waals surface area contributed by atoms with Crippen molar-refractivity contribution in [1.29, 1.82) is 0 Å². The van der Waals surface area contributed by atoms with Crippen molar-refractivity contribution >= 4 is 0 Å². The largest absolute Gasteiger partial charge is 0.471 e. The van der Waals surface area contributed by atoms with Gasteiger partial charge in [-0.3, -0.25) is 0 Å². The summed E-state index contributed by atoms with van der Waals surface area (Å²) in [4.78, 5) is 0. The summed E-state index contributed by atoms with van der Waals surface area (Å²) >= 11 is 0. The molecule has 0 fully saturated rings. The van der Waals surface area contributed by atoms with Crippen LogP contribution in [-0.4, -0.2) is 0 Å². The molecule has 0 bridgehead atoms. The van der Waals surface area contributed by atoms with Gasteiger partial charge in [0.15, 0.2) is 0 Å². The van der Waals surface area contributed by atoms with Crippen molar-refractivity contribution in [2.24, 2.45) is 0 Å². The van der Waals surface area contributed by atoms with Crippen molar-refractivity contribution in [3.63, 3.8) is 0 Å². The van der Waals surface area contributed by atoms with Crippen molar-refractivity contribution in [2.45, 2.75) is 6.43 Å². The van der Waals surface area contributed by atoms with Gasteiger partial charge >= 0.3 is 0 Å². The maximum absolute atomic E-state index is 11.5. The van der Waals surface area contributed by atoms with E-state index in [0.717, 1.165) is 12.5 Å². The van der Waals surface area contributed by atoms with Crippen LogP contribution < -0.4 is 0 Å². The molecular weight excluding hydrogens is 114 g/mol. The average molecular weight is 117 g/mol. The summed E-state index contributed by atoms with van der Waals surface area (Å²) in [6.45, 7) is 0. The van der Waals surface area contributed by atoms with Gasteiger partial charge in [-0.15, -0.1) is 0 Å². The molecule has 0 amide bonds. The quantitative estimate of drug-likeness (QED) is 0.548. The van der Waals surface area contributed by atoms with Gasteiger partial charge in [0.25, 0.3) is 6.43 Å². The smallest absolute Gasteiger partial charge is 0.267 e. The number of alkyl halides is 2. The van der Waals surface area contributed by atoms with Crippen LogP contribution in [0.15, 0.2) is 16.9 Å². The Morgan fingerprint density at radius 1 is 1.62 bits per heavy atom. The Bertz CT molecular complexity index is 145. The van der Waals surface area contributed by atoms with E-state index in [1.54, 1.807) is 0 Å². The molecule has 0 spiro atoms. The van der Waals surface area contributed by atoms with E-state index in [2.05, 4.69) is 10.5 Å². The van der Waals surface area contributed by atoms with E-state index in [-0.39, 0.29) is 5.56 Å². The molecule has 0 aliphatic carbocycles. The summed E-state index contributed by atoms with van der Waals surface area (Å²) < 4.78 is 27.4. The van der Waals surface area contributed by atoms with Crippen LogP contribution in [-0.2, 0) is 0 Å². The third kappa shape index (κ3) is 0.857. The van der Waals surface area contributed by atoms with Crippen LogP contribution >= 0.6 is 0 Å². The Morgan fingerprint density at radius 2 is 2.38 bits per heavy atom. The van der Waals surface area contributed by atoms with Gasteiger partial charge in [-0.1, -0.05) is 0 Å². The van der Waals surface area contributed by atoms with Crippen LogP contribution in [0.2, 0.25) is 0 Å². The fraction of sp³-hybridized carbons (Fsp3) is 0.200. The minimum Gasteiger partial charge on any atom is -0.471 e. The van der Waals surface area contributed by atoms with Crippen LogP contribution in [0.5, 0.6) is 0 Å². The van der Waals surface area contributed by atoms with Crippen molar-refractivity contribution < 1.29 is 13.2 Å². The van der Waals surface area contributed by atoms with Gasteiger partial charge in [0.2, 0.25) is 0 Å². The number of hydrogen-bond donors (Lipinski definition) is 0. The Kier molecular flexibility index (Phi) is 1.28. The molecule has 3 heteroatoms. The summed E-state index contributed by atoms with van der Waals surface area (Å²) in [7, 11) is 0. The third-order valence-corrected chi connectivity index (χ3v) is 0.724. The molecule has 1 aromatic rings. The first kappa shape index (κ1) is 5.28. The first-order valence-corrected chi connectivity index (χ1v) is 2.02. The molecule has 0 aliphatic rings. The molecule has 0 N–H and O–H groups in total. The molecule has 0 aromatic carbocycles. The monoisotopic (exact) mass is 117 g/mol. The highest BCUT2D eigenvalue weighted by Gasteiger charge is 2.06. The minimum absolute atomic E-state index is 0.190. The molecule has 0 saturated heterocycles. The fourth-order valence-corrected chi connectivity index (χ4v) is 0.358. The summed E-state index contributed by atoms with van der Waals surface area (Å²) in [5.74, 6) is 0. The lowest BCUT2D eigenvalue weighted by atomic mass is 10.4. The summed E-state index contributed by atoms with van der Waals surface area (Å²) in [5.41, 5.74) is -0.190. The fourth-order valence-electron chi connectivity index (χ4n) is 0.358. The molecule has 1 aromatic heterocycles. The van der Waals surface area contributed by atoms with Crippen LogP contribution in [0.4, 0.5) is 8.78 Å². The van der Waals surface area contributed by atoms with E-state index in [9.17, 15) is 8.78 Å². The van der Waals surface area contributed by atoms with E-state index in [1.165, 1.54) is 0 Å². The van der Waals surface area contributed by atoms with Crippen LogP contribution in [0.1, 0.15) is 12.0 Å². The lowest BCUT2D eigenvalue weighted by Crippen LogP contribution is -1.75. The van der Waals surface area contributed by atoms with Crippen molar-refractivity contribution in [1.82, 2.24) is 0 Å². The Labute approximate surface area is 44.9 Å². The summed E-state index contributed by atoms with van der Waals surface area (Å²) in [5, 5.41) is 0. The predicted molar refractivity (Wildman–Crippen MR) is 22.5 cm³/mol. The molecule has 1 nitrogen and oxygen atoms in total. The molecule has 0 saturated carbocycles. The summed E-state index contributed by atoms with van der Waals surface area (Å²) in [6, 6.07) is 2.22.